The van der Waals surface area contributed by atoms with Crippen molar-refractivity contribution < 1.29 is 19.0 Å². The normalized spacial score (nSPS) is 11.2. The standard InChI is InChI=1S/C17H28N2O4/c1-18(2)10-12(11-19(3)4)17(20)13-8-15(22-6)16(23-7)9-14(13)21-5/h8-9,12H,10-11H2,1-7H3. The van der Waals surface area contributed by atoms with E-state index in [1.165, 1.54) is 0 Å². The summed E-state index contributed by atoms with van der Waals surface area (Å²) in [4.78, 5) is 17.1. The molecule has 0 heterocycles. The molecule has 0 aliphatic rings. The predicted molar refractivity (Wildman–Crippen MR) is 91.0 cm³/mol. The van der Waals surface area contributed by atoms with Crippen LogP contribution in [0, 0.1) is 5.92 Å². The van der Waals surface area contributed by atoms with E-state index in [9.17, 15) is 4.79 Å². The van der Waals surface area contributed by atoms with Gasteiger partial charge in [-0.05, 0) is 34.3 Å². The summed E-state index contributed by atoms with van der Waals surface area (Å²) in [6, 6.07) is 3.38. The molecule has 0 N–H and O–H groups in total. The minimum Gasteiger partial charge on any atom is -0.496 e. The first-order valence-electron chi connectivity index (χ1n) is 7.47. The lowest BCUT2D eigenvalue weighted by atomic mass is 9.95. The van der Waals surface area contributed by atoms with E-state index >= 15 is 0 Å². The van der Waals surface area contributed by atoms with Crippen molar-refractivity contribution in [3.8, 4) is 17.2 Å². The number of carbonyl (C=O) groups excluding carboxylic acids is 1. The van der Waals surface area contributed by atoms with E-state index in [0.717, 1.165) is 0 Å². The summed E-state index contributed by atoms with van der Waals surface area (Å²) in [5.74, 6) is 1.43. The Bertz CT molecular complexity index is 520. The number of rotatable bonds is 9. The quantitative estimate of drug-likeness (QED) is 0.644. The summed E-state index contributed by atoms with van der Waals surface area (Å²) in [7, 11) is 12.5. The van der Waals surface area contributed by atoms with Crippen molar-refractivity contribution in [2.45, 2.75) is 0 Å². The van der Waals surface area contributed by atoms with Gasteiger partial charge in [0.1, 0.15) is 5.75 Å². The van der Waals surface area contributed by atoms with Crippen LogP contribution < -0.4 is 14.2 Å². The molecule has 6 nitrogen and oxygen atoms in total. The van der Waals surface area contributed by atoms with Gasteiger partial charge < -0.3 is 24.0 Å². The van der Waals surface area contributed by atoms with Crippen LogP contribution in [0.5, 0.6) is 17.2 Å². The molecule has 0 saturated heterocycles. The number of hydrogen-bond donors (Lipinski definition) is 0. The average Bonchev–Trinajstić information content (AvgIpc) is 2.51. The summed E-state index contributed by atoms with van der Waals surface area (Å²) in [6.45, 7) is 1.32. The second kappa shape index (κ2) is 8.74. The molecule has 0 atom stereocenters. The summed E-state index contributed by atoms with van der Waals surface area (Å²) in [5.41, 5.74) is 0.513. The van der Waals surface area contributed by atoms with E-state index in [-0.39, 0.29) is 11.7 Å². The van der Waals surface area contributed by atoms with Gasteiger partial charge in [-0.1, -0.05) is 0 Å². The molecule has 0 amide bonds. The topological polar surface area (TPSA) is 51.2 Å². The summed E-state index contributed by atoms with van der Waals surface area (Å²) in [5, 5.41) is 0. The third-order valence-electron chi connectivity index (χ3n) is 3.51. The van der Waals surface area contributed by atoms with E-state index < -0.39 is 0 Å². The maximum atomic E-state index is 13.0. The Labute approximate surface area is 138 Å². The molecular weight excluding hydrogens is 296 g/mol. The minimum absolute atomic E-state index is 0.0326. The summed E-state index contributed by atoms with van der Waals surface area (Å²) in [6.07, 6.45) is 0. The predicted octanol–water partition coefficient (Wildman–Crippen LogP) is 1.63. The van der Waals surface area contributed by atoms with Crippen LogP contribution in [0.3, 0.4) is 0 Å². The van der Waals surface area contributed by atoms with Gasteiger partial charge in [0.2, 0.25) is 0 Å². The highest BCUT2D eigenvalue weighted by atomic mass is 16.5. The monoisotopic (exact) mass is 324 g/mol. The number of ketones is 1. The maximum Gasteiger partial charge on any atom is 0.172 e. The lowest BCUT2D eigenvalue weighted by Crippen LogP contribution is -2.35. The average molecular weight is 324 g/mol. The lowest BCUT2D eigenvalue weighted by molar-refractivity contribution is 0.0867. The van der Waals surface area contributed by atoms with Gasteiger partial charge in [-0.2, -0.15) is 0 Å². The molecule has 130 valence electrons. The zero-order chi connectivity index (χ0) is 17.6. The van der Waals surface area contributed by atoms with Crippen molar-refractivity contribution in [1.29, 1.82) is 0 Å². The molecule has 23 heavy (non-hydrogen) atoms. The largest absolute Gasteiger partial charge is 0.496 e. The van der Waals surface area contributed by atoms with E-state index in [0.29, 0.717) is 35.9 Å². The van der Waals surface area contributed by atoms with Crippen LogP contribution in [0.2, 0.25) is 0 Å². The number of nitrogens with zero attached hydrogens (tertiary/aromatic N) is 2. The Kier molecular flexibility index (Phi) is 7.32. The fourth-order valence-corrected chi connectivity index (χ4v) is 2.55. The first kappa shape index (κ1) is 19.3. The van der Waals surface area contributed by atoms with Crippen molar-refractivity contribution in [2.24, 2.45) is 5.92 Å². The first-order chi connectivity index (χ1) is 10.8. The van der Waals surface area contributed by atoms with Gasteiger partial charge in [-0.15, -0.1) is 0 Å². The SMILES string of the molecule is COc1cc(OC)c(C(=O)C(CN(C)C)CN(C)C)cc1OC. The Morgan fingerprint density at radius 2 is 1.30 bits per heavy atom. The van der Waals surface area contributed by atoms with Crippen LogP contribution in [-0.2, 0) is 0 Å². The Balaban J connectivity index is 3.26. The molecule has 0 aliphatic heterocycles. The second-order valence-corrected chi connectivity index (χ2v) is 5.99. The number of hydrogen-bond acceptors (Lipinski definition) is 6. The molecule has 0 saturated carbocycles. The Hall–Kier alpha value is -1.79. The van der Waals surface area contributed by atoms with E-state index in [2.05, 4.69) is 0 Å². The van der Waals surface area contributed by atoms with Crippen molar-refractivity contribution >= 4 is 5.78 Å². The molecule has 0 radical (unpaired) electrons. The Morgan fingerprint density at radius 3 is 1.70 bits per heavy atom. The molecule has 0 fully saturated rings. The van der Waals surface area contributed by atoms with Crippen molar-refractivity contribution in [2.75, 3.05) is 62.6 Å². The zero-order valence-electron chi connectivity index (χ0n) is 15.2. The van der Waals surface area contributed by atoms with Gasteiger partial charge in [0, 0.05) is 25.1 Å². The number of Topliss-reactive ketones (excluding diaryl/α,β-unsaturated/α-hetero) is 1. The smallest absolute Gasteiger partial charge is 0.172 e. The fraction of sp³-hybridized carbons (Fsp3) is 0.588. The summed E-state index contributed by atoms with van der Waals surface area (Å²) >= 11 is 0. The van der Waals surface area contributed by atoms with Crippen LogP contribution in [-0.4, -0.2) is 78.2 Å². The fourth-order valence-electron chi connectivity index (χ4n) is 2.55. The molecule has 1 aromatic carbocycles. The molecule has 6 heteroatoms. The van der Waals surface area contributed by atoms with Crippen LogP contribution in [0.25, 0.3) is 0 Å². The molecule has 0 spiro atoms. The van der Waals surface area contributed by atoms with E-state index in [1.54, 1.807) is 33.5 Å². The van der Waals surface area contributed by atoms with Gasteiger partial charge in [0.25, 0.3) is 0 Å². The Morgan fingerprint density at radius 1 is 0.870 bits per heavy atom. The van der Waals surface area contributed by atoms with Crippen LogP contribution in [0.15, 0.2) is 12.1 Å². The van der Waals surface area contributed by atoms with Crippen molar-refractivity contribution in [3.05, 3.63) is 17.7 Å². The first-order valence-corrected chi connectivity index (χ1v) is 7.47. The van der Waals surface area contributed by atoms with Gasteiger partial charge in [0.05, 0.1) is 26.9 Å². The highest BCUT2D eigenvalue weighted by molar-refractivity contribution is 6.01. The third-order valence-corrected chi connectivity index (χ3v) is 3.51. The van der Waals surface area contributed by atoms with Gasteiger partial charge >= 0.3 is 0 Å². The van der Waals surface area contributed by atoms with Crippen molar-refractivity contribution in [3.63, 3.8) is 0 Å². The molecule has 1 rings (SSSR count). The zero-order valence-corrected chi connectivity index (χ0v) is 15.2. The molecule has 0 aliphatic carbocycles. The minimum atomic E-state index is -0.160. The second-order valence-electron chi connectivity index (χ2n) is 5.99. The maximum absolute atomic E-state index is 13.0. The highest BCUT2D eigenvalue weighted by Gasteiger charge is 2.26. The van der Waals surface area contributed by atoms with Crippen LogP contribution >= 0.6 is 0 Å². The van der Waals surface area contributed by atoms with Crippen LogP contribution in [0.1, 0.15) is 10.4 Å². The molecule has 0 aromatic heterocycles. The molecule has 0 bridgehead atoms. The van der Waals surface area contributed by atoms with Gasteiger partial charge in [-0.3, -0.25) is 4.79 Å². The summed E-state index contributed by atoms with van der Waals surface area (Å²) < 4.78 is 16.0. The molecule has 1 aromatic rings. The lowest BCUT2D eigenvalue weighted by Gasteiger charge is -2.24. The van der Waals surface area contributed by atoms with Crippen LogP contribution in [0.4, 0.5) is 0 Å². The third kappa shape index (κ3) is 5.11. The highest BCUT2D eigenvalue weighted by Crippen LogP contribution is 2.35. The van der Waals surface area contributed by atoms with Crippen molar-refractivity contribution in [1.82, 2.24) is 9.80 Å². The van der Waals surface area contributed by atoms with E-state index in [4.69, 9.17) is 14.2 Å². The number of benzene rings is 1. The molecular formula is C17H28N2O4. The molecule has 0 unspecified atom stereocenters. The number of ether oxygens (including phenoxy) is 3. The van der Waals surface area contributed by atoms with Gasteiger partial charge in [-0.25, -0.2) is 0 Å². The van der Waals surface area contributed by atoms with Gasteiger partial charge in [0.15, 0.2) is 17.3 Å². The number of carbonyl (C=O) groups is 1. The van der Waals surface area contributed by atoms with E-state index in [1.807, 2.05) is 38.0 Å². The number of methoxy groups -OCH3 is 3.